The molecule has 2 saturated heterocycles. The van der Waals surface area contributed by atoms with Crippen LogP contribution in [0.1, 0.15) is 23.2 Å². The minimum absolute atomic E-state index is 0.0178. The van der Waals surface area contributed by atoms with Gasteiger partial charge < -0.3 is 10.2 Å². The van der Waals surface area contributed by atoms with Crippen LogP contribution in [0.2, 0.25) is 0 Å². The van der Waals surface area contributed by atoms with Crippen LogP contribution in [0.15, 0.2) is 30.3 Å². The number of piperazine rings is 1. The molecular formula is C17H23N3O2. The number of hydrogen-bond donors (Lipinski definition) is 1. The molecule has 2 aliphatic heterocycles. The molecule has 0 aliphatic carbocycles. The van der Waals surface area contributed by atoms with Crippen molar-refractivity contribution in [2.75, 3.05) is 39.3 Å². The highest BCUT2D eigenvalue weighted by Crippen LogP contribution is 2.15. The molecule has 118 valence electrons. The SMILES string of the molecule is O=C(CN1CCN(C2CCNCC2)CC1=O)c1ccccc1. The molecule has 0 radical (unpaired) electrons. The summed E-state index contributed by atoms with van der Waals surface area (Å²) < 4.78 is 0. The van der Waals surface area contributed by atoms with E-state index in [-0.39, 0.29) is 18.2 Å². The molecule has 1 aromatic rings. The Bertz CT molecular complexity index is 526. The largest absolute Gasteiger partial charge is 0.333 e. The lowest BCUT2D eigenvalue weighted by Crippen LogP contribution is -2.56. The van der Waals surface area contributed by atoms with Gasteiger partial charge in [0, 0.05) is 24.7 Å². The Morgan fingerprint density at radius 3 is 2.55 bits per heavy atom. The van der Waals surface area contributed by atoms with Gasteiger partial charge in [-0.15, -0.1) is 0 Å². The average molecular weight is 301 g/mol. The van der Waals surface area contributed by atoms with Gasteiger partial charge in [-0.25, -0.2) is 0 Å². The highest BCUT2D eigenvalue weighted by atomic mass is 16.2. The number of amides is 1. The predicted octanol–water partition coefficient (Wildman–Crippen LogP) is 0.766. The van der Waals surface area contributed by atoms with E-state index in [4.69, 9.17) is 0 Å². The first-order valence-electron chi connectivity index (χ1n) is 8.05. The van der Waals surface area contributed by atoms with Crippen molar-refractivity contribution in [3.05, 3.63) is 35.9 Å². The minimum Gasteiger partial charge on any atom is -0.333 e. The Kier molecular flexibility index (Phi) is 4.85. The van der Waals surface area contributed by atoms with Gasteiger partial charge in [0.15, 0.2) is 5.78 Å². The molecule has 0 atom stereocenters. The lowest BCUT2D eigenvalue weighted by molar-refractivity contribution is -0.136. The van der Waals surface area contributed by atoms with Crippen molar-refractivity contribution in [1.29, 1.82) is 0 Å². The zero-order valence-corrected chi connectivity index (χ0v) is 12.8. The molecule has 5 heteroatoms. The molecule has 0 bridgehead atoms. The molecule has 3 rings (SSSR count). The van der Waals surface area contributed by atoms with E-state index >= 15 is 0 Å². The van der Waals surface area contributed by atoms with Crippen molar-refractivity contribution >= 4 is 11.7 Å². The molecule has 0 aromatic heterocycles. The molecule has 0 spiro atoms. The predicted molar refractivity (Wildman–Crippen MR) is 84.8 cm³/mol. The average Bonchev–Trinajstić information content (AvgIpc) is 2.58. The van der Waals surface area contributed by atoms with Crippen molar-refractivity contribution < 1.29 is 9.59 Å². The van der Waals surface area contributed by atoms with Gasteiger partial charge in [0.1, 0.15) is 0 Å². The number of Topliss-reactive ketones (excluding diaryl/α,β-unsaturated/α-hetero) is 1. The van der Waals surface area contributed by atoms with Gasteiger partial charge in [-0.3, -0.25) is 14.5 Å². The first-order valence-corrected chi connectivity index (χ1v) is 8.05. The van der Waals surface area contributed by atoms with Crippen molar-refractivity contribution in [1.82, 2.24) is 15.1 Å². The fourth-order valence-corrected chi connectivity index (χ4v) is 3.27. The summed E-state index contributed by atoms with van der Waals surface area (Å²) in [4.78, 5) is 28.5. The second kappa shape index (κ2) is 7.03. The van der Waals surface area contributed by atoms with E-state index < -0.39 is 0 Å². The number of benzene rings is 1. The summed E-state index contributed by atoms with van der Waals surface area (Å²) in [5.74, 6) is 0.0957. The van der Waals surface area contributed by atoms with Crippen molar-refractivity contribution in [3.63, 3.8) is 0 Å². The number of nitrogens with one attached hydrogen (secondary N) is 1. The summed E-state index contributed by atoms with van der Waals surface area (Å²) >= 11 is 0. The number of carbonyl (C=O) groups excluding carboxylic acids is 2. The molecule has 2 aliphatic rings. The third-order valence-corrected chi connectivity index (χ3v) is 4.60. The zero-order valence-electron chi connectivity index (χ0n) is 12.8. The van der Waals surface area contributed by atoms with Gasteiger partial charge in [0.2, 0.25) is 5.91 Å². The Morgan fingerprint density at radius 2 is 1.86 bits per heavy atom. The van der Waals surface area contributed by atoms with Gasteiger partial charge in [-0.1, -0.05) is 30.3 Å². The number of rotatable bonds is 4. The van der Waals surface area contributed by atoms with E-state index in [1.54, 1.807) is 17.0 Å². The highest BCUT2D eigenvalue weighted by molar-refractivity contribution is 5.99. The Balaban J connectivity index is 1.54. The summed E-state index contributed by atoms with van der Waals surface area (Å²) in [6.07, 6.45) is 2.21. The van der Waals surface area contributed by atoms with E-state index in [2.05, 4.69) is 10.2 Å². The van der Waals surface area contributed by atoms with Crippen LogP contribution in [0.5, 0.6) is 0 Å². The minimum atomic E-state index is 0.0178. The van der Waals surface area contributed by atoms with Crippen LogP contribution >= 0.6 is 0 Å². The topological polar surface area (TPSA) is 52.7 Å². The third kappa shape index (κ3) is 3.54. The van der Waals surface area contributed by atoms with Crippen LogP contribution in [0.25, 0.3) is 0 Å². The summed E-state index contributed by atoms with van der Waals surface area (Å²) in [5, 5.41) is 3.35. The normalized spacial score (nSPS) is 21.1. The van der Waals surface area contributed by atoms with Gasteiger partial charge in [-0.2, -0.15) is 0 Å². The van der Waals surface area contributed by atoms with E-state index in [0.29, 0.717) is 24.7 Å². The first-order chi connectivity index (χ1) is 10.7. The molecule has 1 N–H and O–H groups in total. The highest BCUT2D eigenvalue weighted by Gasteiger charge is 2.30. The second-order valence-electron chi connectivity index (χ2n) is 6.06. The maximum Gasteiger partial charge on any atom is 0.237 e. The fraction of sp³-hybridized carbons (Fsp3) is 0.529. The van der Waals surface area contributed by atoms with Crippen molar-refractivity contribution in [2.45, 2.75) is 18.9 Å². The molecule has 0 saturated carbocycles. The standard InChI is InChI=1S/C17H23N3O2/c21-16(14-4-2-1-3-5-14)12-20-11-10-19(13-17(20)22)15-6-8-18-9-7-15/h1-5,15,18H,6-13H2. The number of piperidine rings is 1. The van der Waals surface area contributed by atoms with E-state index in [1.807, 2.05) is 18.2 Å². The Labute approximate surface area is 131 Å². The first kappa shape index (κ1) is 15.2. The maximum absolute atomic E-state index is 12.3. The number of hydrogen-bond acceptors (Lipinski definition) is 4. The maximum atomic E-state index is 12.3. The number of carbonyl (C=O) groups is 2. The smallest absolute Gasteiger partial charge is 0.237 e. The second-order valence-corrected chi connectivity index (χ2v) is 6.06. The van der Waals surface area contributed by atoms with Crippen LogP contribution in [0, 0.1) is 0 Å². The van der Waals surface area contributed by atoms with Crippen molar-refractivity contribution in [2.24, 2.45) is 0 Å². The Morgan fingerprint density at radius 1 is 1.14 bits per heavy atom. The molecule has 1 aromatic carbocycles. The van der Waals surface area contributed by atoms with Crippen LogP contribution in [-0.4, -0.2) is 66.8 Å². The molecular weight excluding hydrogens is 278 g/mol. The quantitative estimate of drug-likeness (QED) is 0.835. The number of nitrogens with zero attached hydrogens (tertiary/aromatic N) is 2. The van der Waals surface area contributed by atoms with Gasteiger partial charge in [0.05, 0.1) is 13.1 Å². The van der Waals surface area contributed by atoms with Gasteiger partial charge >= 0.3 is 0 Å². The van der Waals surface area contributed by atoms with E-state index in [9.17, 15) is 9.59 Å². The van der Waals surface area contributed by atoms with Crippen LogP contribution in [0.3, 0.4) is 0 Å². The molecule has 5 nitrogen and oxygen atoms in total. The molecule has 22 heavy (non-hydrogen) atoms. The molecule has 0 unspecified atom stereocenters. The summed E-state index contributed by atoms with van der Waals surface area (Å²) in [6.45, 7) is 4.24. The molecule has 2 heterocycles. The van der Waals surface area contributed by atoms with Crippen LogP contribution in [-0.2, 0) is 4.79 Å². The van der Waals surface area contributed by atoms with Crippen molar-refractivity contribution in [3.8, 4) is 0 Å². The third-order valence-electron chi connectivity index (χ3n) is 4.60. The summed E-state index contributed by atoms with van der Waals surface area (Å²) in [7, 11) is 0. The van der Waals surface area contributed by atoms with Crippen LogP contribution in [0.4, 0.5) is 0 Å². The summed E-state index contributed by atoms with van der Waals surface area (Å²) in [6, 6.07) is 9.71. The van der Waals surface area contributed by atoms with E-state index in [0.717, 1.165) is 32.5 Å². The lowest BCUT2D eigenvalue weighted by atomic mass is 10.0. The number of ketones is 1. The van der Waals surface area contributed by atoms with E-state index in [1.165, 1.54) is 0 Å². The molecule has 2 fully saturated rings. The lowest BCUT2D eigenvalue weighted by Gasteiger charge is -2.40. The van der Waals surface area contributed by atoms with Gasteiger partial charge in [0.25, 0.3) is 0 Å². The van der Waals surface area contributed by atoms with Crippen LogP contribution < -0.4 is 5.32 Å². The zero-order chi connectivity index (χ0) is 15.4. The fourth-order valence-electron chi connectivity index (χ4n) is 3.27. The molecule has 1 amide bonds. The monoisotopic (exact) mass is 301 g/mol. The van der Waals surface area contributed by atoms with Gasteiger partial charge in [-0.05, 0) is 25.9 Å². The summed E-state index contributed by atoms with van der Waals surface area (Å²) in [5.41, 5.74) is 0.677. The Hall–Kier alpha value is -1.72.